The first-order chi connectivity index (χ1) is 9.04. The average molecular weight is 276 g/mol. The van der Waals surface area contributed by atoms with E-state index in [0.717, 1.165) is 15.7 Å². The van der Waals surface area contributed by atoms with Crippen molar-refractivity contribution in [2.75, 3.05) is 19.4 Å². The summed E-state index contributed by atoms with van der Waals surface area (Å²) in [6.45, 7) is 6.06. The number of nitrogen functional groups attached to an aromatic ring is 1. The first-order valence-corrected chi connectivity index (χ1v) is 6.63. The minimum atomic E-state index is -0.177. The molecule has 0 radical (unpaired) electrons. The Bertz CT molecular complexity index is 646. The Morgan fingerprint density at radius 2 is 2.26 bits per heavy atom. The van der Waals surface area contributed by atoms with Crippen LogP contribution in [0.15, 0.2) is 30.4 Å². The molecule has 19 heavy (non-hydrogen) atoms. The number of anilines is 1. The van der Waals surface area contributed by atoms with Gasteiger partial charge in [-0.25, -0.2) is 0 Å². The fourth-order valence-corrected chi connectivity index (χ4v) is 2.85. The summed E-state index contributed by atoms with van der Waals surface area (Å²) in [7, 11) is 1.59. The van der Waals surface area contributed by atoms with Crippen molar-refractivity contribution in [3.63, 3.8) is 0 Å². The third-order valence-electron chi connectivity index (χ3n) is 2.69. The maximum atomic E-state index is 12.1. The van der Waals surface area contributed by atoms with Crippen LogP contribution >= 0.6 is 11.3 Å². The highest BCUT2D eigenvalue weighted by Gasteiger charge is 2.18. The number of nitrogens with one attached hydrogen (secondary N) is 1. The van der Waals surface area contributed by atoms with Crippen molar-refractivity contribution in [2.45, 2.75) is 6.92 Å². The zero-order valence-electron chi connectivity index (χ0n) is 10.9. The third kappa shape index (κ3) is 2.56. The van der Waals surface area contributed by atoms with Gasteiger partial charge in [-0.1, -0.05) is 18.2 Å². The van der Waals surface area contributed by atoms with Gasteiger partial charge < -0.3 is 15.8 Å². The average Bonchev–Trinajstić information content (AvgIpc) is 2.73. The van der Waals surface area contributed by atoms with Crippen molar-refractivity contribution in [1.82, 2.24) is 5.32 Å². The van der Waals surface area contributed by atoms with Crippen molar-refractivity contribution >= 4 is 33.0 Å². The summed E-state index contributed by atoms with van der Waals surface area (Å²) in [5.41, 5.74) is 7.43. The molecule has 4 nitrogen and oxygen atoms in total. The molecule has 1 aromatic heterocycles. The number of thiophene rings is 1. The number of amides is 1. The molecule has 0 aliphatic heterocycles. The number of nitrogens with two attached hydrogens (primary N) is 1. The van der Waals surface area contributed by atoms with Gasteiger partial charge in [-0.05, 0) is 19.1 Å². The Hall–Kier alpha value is -2.01. The van der Waals surface area contributed by atoms with Gasteiger partial charge in [-0.15, -0.1) is 11.3 Å². The maximum absolute atomic E-state index is 12.1. The van der Waals surface area contributed by atoms with Crippen LogP contribution in [0.1, 0.15) is 16.6 Å². The molecule has 3 N–H and O–H groups in total. The van der Waals surface area contributed by atoms with Gasteiger partial charge in [-0.2, -0.15) is 0 Å². The zero-order chi connectivity index (χ0) is 14.0. The number of carbonyl (C=O) groups excluding carboxylic acids is 1. The van der Waals surface area contributed by atoms with Crippen LogP contribution < -0.4 is 15.8 Å². The van der Waals surface area contributed by atoms with Crippen molar-refractivity contribution in [3.05, 3.63) is 35.2 Å². The first kappa shape index (κ1) is 13.4. The first-order valence-electron chi connectivity index (χ1n) is 5.82. The SMILES string of the molecule is C=C(C)CNC(=O)c1sc2cccc(OC)c2c1N. The molecule has 1 amide bonds. The van der Waals surface area contributed by atoms with Gasteiger partial charge in [0.05, 0.1) is 18.2 Å². The number of fused-ring (bicyclic) bond motifs is 1. The van der Waals surface area contributed by atoms with E-state index in [-0.39, 0.29) is 5.91 Å². The van der Waals surface area contributed by atoms with Gasteiger partial charge in [0, 0.05) is 11.2 Å². The molecule has 0 spiro atoms. The van der Waals surface area contributed by atoms with Gasteiger partial charge in [0.15, 0.2) is 0 Å². The topological polar surface area (TPSA) is 64.3 Å². The van der Waals surface area contributed by atoms with Gasteiger partial charge in [0.1, 0.15) is 10.6 Å². The number of hydrogen-bond acceptors (Lipinski definition) is 4. The molecule has 2 aromatic rings. The maximum Gasteiger partial charge on any atom is 0.263 e. The monoisotopic (exact) mass is 276 g/mol. The Morgan fingerprint density at radius 1 is 1.53 bits per heavy atom. The highest BCUT2D eigenvalue weighted by atomic mass is 32.1. The van der Waals surface area contributed by atoms with Crippen molar-refractivity contribution in [3.8, 4) is 5.75 Å². The molecule has 0 fully saturated rings. The Morgan fingerprint density at radius 3 is 2.89 bits per heavy atom. The van der Waals surface area contributed by atoms with Crippen molar-refractivity contribution < 1.29 is 9.53 Å². The second-order valence-electron chi connectivity index (χ2n) is 4.32. The van der Waals surface area contributed by atoms with Crippen molar-refractivity contribution in [1.29, 1.82) is 0 Å². The standard InChI is InChI=1S/C14H16N2O2S/c1-8(2)7-16-14(17)13-12(15)11-9(18-3)5-4-6-10(11)19-13/h4-6H,1,7,15H2,2-3H3,(H,16,17). The van der Waals surface area contributed by atoms with E-state index in [2.05, 4.69) is 11.9 Å². The van der Waals surface area contributed by atoms with E-state index in [9.17, 15) is 4.79 Å². The van der Waals surface area contributed by atoms with E-state index in [0.29, 0.717) is 22.9 Å². The van der Waals surface area contributed by atoms with Crippen LogP contribution in [0.3, 0.4) is 0 Å². The molecule has 0 saturated carbocycles. The number of rotatable bonds is 4. The summed E-state index contributed by atoms with van der Waals surface area (Å²) in [6, 6.07) is 5.64. The van der Waals surface area contributed by atoms with Crippen LogP contribution in [0.25, 0.3) is 10.1 Å². The summed E-state index contributed by atoms with van der Waals surface area (Å²) in [5, 5.41) is 3.59. The molecule has 0 atom stereocenters. The zero-order valence-corrected chi connectivity index (χ0v) is 11.8. The predicted octanol–water partition coefficient (Wildman–Crippen LogP) is 2.80. The lowest BCUT2D eigenvalue weighted by Gasteiger charge is -2.04. The number of methoxy groups -OCH3 is 1. The molecule has 0 saturated heterocycles. The minimum absolute atomic E-state index is 0.177. The van der Waals surface area contributed by atoms with Crippen LogP contribution in [-0.4, -0.2) is 19.6 Å². The lowest BCUT2D eigenvalue weighted by Crippen LogP contribution is -2.24. The summed E-state index contributed by atoms with van der Waals surface area (Å²) in [5.74, 6) is 0.508. The highest BCUT2D eigenvalue weighted by Crippen LogP contribution is 2.39. The fourth-order valence-electron chi connectivity index (χ4n) is 1.79. The predicted molar refractivity (Wildman–Crippen MR) is 79.9 cm³/mol. The van der Waals surface area contributed by atoms with Gasteiger partial charge >= 0.3 is 0 Å². The molecular weight excluding hydrogens is 260 g/mol. The lowest BCUT2D eigenvalue weighted by molar-refractivity contribution is 0.0962. The molecule has 0 unspecified atom stereocenters. The second-order valence-corrected chi connectivity index (χ2v) is 5.37. The molecular formula is C14H16N2O2S. The van der Waals surface area contributed by atoms with E-state index < -0.39 is 0 Å². The Labute approximate surface area is 115 Å². The van der Waals surface area contributed by atoms with Crippen LogP contribution in [0, 0.1) is 0 Å². The smallest absolute Gasteiger partial charge is 0.263 e. The van der Waals surface area contributed by atoms with Gasteiger partial charge in [-0.3, -0.25) is 4.79 Å². The lowest BCUT2D eigenvalue weighted by atomic mass is 10.2. The number of hydrogen-bond donors (Lipinski definition) is 2. The van der Waals surface area contributed by atoms with Crippen LogP contribution in [0.2, 0.25) is 0 Å². The van der Waals surface area contributed by atoms with E-state index in [1.807, 2.05) is 25.1 Å². The molecule has 2 rings (SSSR count). The molecule has 1 aromatic carbocycles. The fraction of sp³-hybridized carbons (Fsp3) is 0.214. The molecule has 1 heterocycles. The quantitative estimate of drug-likeness (QED) is 0.844. The number of ether oxygens (including phenoxy) is 1. The highest BCUT2D eigenvalue weighted by molar-refractivity contribution is 7.21. The van der Waals surface area contributed by atoms with Crippen molar-refractivity contribution in [2.24, 2.45) is 0 Å². The largest absolute Gasteiger partial charge is 0.496 e. The van der Waals surface area contributed by atoms with E-state index >= 15 is 0 Å². The minimum Gasteiger partial charge on any atom is -0.496 e. The van der Waals surface area contributed by atoms with Gasteiger partial charge in [0.25, 0.3) is 5.91 Å². The summed E-state index contributed by atoms with van der Waals surface area (Å²) >= 11 is 1.37. The molecule has 100 valence electrons. The van der Waals surface area contributed by atoms with E-state index in [4.69, 9.17) is 10.5 Å². The van der Waals surface area contributed by atoms with Crippen LogP contribution in [-0.2, 0) is 0 Å². The number of carbonyl (C=O) groups is 1. The Balaban J connectivity index is 2.42. The summed E-state index contributed by atoms with van der Waals surface area (Å²) in [6.07, 6.45) is 0. The number of benzene rings is 1. The molecule has 0 aliphatic rings. The molecule has 5 heteroatoms. The van der Waals surface area contributed by atoms with E-state index in [1.165, 1.54) is 11.3 Å². The molecule has 0 bridgehead atoms. The summed E-state index contributed by atoms with van der Waals surface area (Å²) < 4.78 is 6.22. The van der Waals surface area contributed by atoms with Gasteiger partial charge in [0.2, 0.25) is 0 Å². The normalized spacial score (nSPS) is 10.4. The third-order valence-corrected chi connectivity index (χ3v) is 3.86. The van der Waals surface area contributed by atoms with E-state index in [1.54, 1.807) is 7.11 Å². The molecule has 0 aliphatic carbocycles. The van der Waals surface area contributed by atoms with Crippen LogP contribution in [0.5, 0.6) is 5.75 Å². The van der Waals surface area contributed by atoms with Crippen LogP contribution in [0.4, 0.5) is 5.69 Å². The Kier molecular flexibility index (Phi) is 3.76. The summed E-state index contributed by atoms with van der Waals surface area (Å²) in [4.78, 5) is 12.6. The second kappa shape index (κ2) is 5.32.